The highest BCUT2D eigenvalue weighted by molar-refractivity contribution is 5.84. The van der Waals surface area contributed by atoms with Crippen LogP contribution in [0.25, 0.3) is 0 Å². The van der Waals surface area contributed by atoms with E-state index < -0.39 is 12.1 Å². The van der Waals surface area contributed by atoms with Gasteiger partial charge in [-0.15, -0.1) is 0 Å². The van der Waals surface area contributed by atoms with E-state index in [4.69, 9.17) is 9.84 Å². The van der Waals surface area contributed by atoms with Gasteiger partial charge in [-0.3, -0.25) is 4.79 Å². The molecule has 5 heteroatoms. The fourth-order valence-corrected chi connectivity index (χ4v) is 6.24. The second-order valence-corrected chi connectivity index (χ2v) is 11.1. The molecule has 3 unspecified atom stereocenters. The smallest absolute Gasteiger partial charge is 0.330 e. The molecule has 4 nitrogen and oxygen atoms in total. The van der Waals surface area contributed by atoms with Gasteiger partial charge in [0.15, 0.2) is 0 Å². The molecular formula is C30H51FO4. The minimum Gasteiger partial charge on any atom is -0.478 e. The average molecular weight is 495 g/mol. The molecule has 0 amide bonds. The molecule has 0 aromatic heterocycles. The summed E-state index contributed by atoms with van der Waals surface area (Å²) < 4.78 is 20.5. The van der Waals surface area contributed by atoms with Crippen LogP contribution in [0.5, 0.6) is 0 Å². The summed E-state index contributed by atoms with van der Waals surface area (Å²) >= 11 is 0. The Hall–Kier alpha value is -1.49. The summed E-state index contributed by atoms with van der Waals surface area (Å²) in [5.41, 5.74) is 0.750. The van der Waals surface area contributed by atoms with E-state index in [9.17, 15) is 14.0 Å². The van der Waals surface area contributed by atoms with Gasteiger partial charge in [0.2, 0.25) is 0 Å². The van der Waals surface area contributed by atoms with Gasteiger partial charge in [0, 0.05) is 12.7 Å². The van der Waals surface area contributed by atoms with Gasteiger partial charge < -0.3 is 9.84 Å². The summed E-state index contributed by atoms with van der Waals surface area (Å²) in [6, 6.07) is 0. The molecule has 0 saturated heterocycles. The molecule has 202 valence electrons. The number of halogens is 1. The van der Waals surface area contributed by atoms with Crippen molar-refractivity contribution in [3.05, 3.63) is 24.3 Å². The fraction of sp³-hybridized carbons (Fsp3) is 0.800. The fourth-order valence-electron chi connectivity index (χ4n) is 6.24. The van der Waals surface area contributed by atoms with Crippen molar-refractivity contribution in [2.45, 2.75) is 117 Å². The maximum Gasteiger partial charge on any atom is 0.330 e. The molecule has 0 heterocycles. The van der Waals surface area contributed by atoms with Crippen LogP contribution < -0.4 is 0 Å². The third-order valence-corrected chi connectivity index (χ3v) is 8.34. The molecule has 0 spiro atoms. The molecule has 3 saturated carbocycles. The lowest BCUT2D eigenvalue weighted by Gasteiger charge is -2.43. The SMILES string of the molecule is C=C(C)C(=O)O.C=C(C)C=O.CCCC1CCC(C2CCC(C3CCC(OC)CC3)C(F)C2)CC1. The van der Waals surface area contributed by atoms with E-state index in [0.717, 1.165) is 43.8 Å². The first-order chi connectivity index (χ1) is 16.6. The van der Waals surface area contributed by atoms with Crippen LogP contribution >= 0.6 is 0 Å². The maximum absolute atomic E-state index is 15.0. The van der Waals surface area contributed by atoms with Crippen LogP contribution in [0.4, 0.5) is 4.39 Å². The molecule has 3 aliphatic rings. The summed E-state index contributed by atoms with van der Waals surface area (Å²) in [5, 5.41) is 7.89. The minimum absolute atomic E-state index is 0.176. The third-order valence-electron chi connectivity index (χ3n) is 8.34. The molecule has 0 aromatic carbocycles. The molecule has 0 radical (unpaired) electrons. The summed E-state index contributed by atoms with van der Waals surface area (Å²) in [5.74, 6) is 2.55. The first-order valence-electron chi connectivity index (χ1n) is 13.8. The molecule has 3 aliphatic carbocycles. The molecule has 3 atom stereocenters. The summed E-state index contributed by atoms with van der Waals surface area (Å²) in [6.45, 7) is 11.9. The Bertz CT molecular complexity index is 633. The van der Waals surface area contributed by atoms with Crippen molar-refractivity contribution < 1.29 is 23.8 Å². The van der Waals surface area contributed by atoms with E-state index in [0.29, 0.717) is 29.4 Å². The number of hydrogen-bond donors (Lipinski definition) is 1. The highest BCUT2D eigenvalue weighted by Crippen LogP contribution is 2.46. The molecule has 35 heavy (non-hydrogen) atoms. The lowest BCUT2D eigenvalue weighted by molar-refractivity contribution is -0.132. The van der Waals surface area contributed by atoms with E-state index in [1.165, 1.54) is 64.7 Å². The number of aliphatic carboxylic acids is 1. The van der Waals surface area contributed by atoms with Crippen molar-refractivity contribution in [1.29, 1.82) is 0 Å². The number of carbonyl (C=O) groups is 2. The quantitative estimate of drug-likeness (QED) is 0.288. The number of carboxylic acids is 1. The molecule has 1 N–H and O–H groups in total. The Morgan fingerprint density at radius 1 is 0.943 bits per heavy atom. The zero-order chi connectivity index (χ0) is 26.4. The van der Waals surface area contributed by atoms with E-state index >= 15 is 0 Å². The highest BCUT2D eigenvalue weighted by atomic mass is 19.1. The standard InChI is InChI=1S/C22H39FO.C4H6O2.C4H6O/c1-3-4-16-5-7-17(8-6-16)19-11-14-21(22(23)15-19)18-9-12-20(24-2)13-10-18;1-3(2)4(5)6;1-4(2)3-5/h16-22H,3-15H2,1-2H3;1H2,2H3,(H,5,6);3H,1H2,2H3. The number of rotatable bonds is 7. The van der Waals surface area contributed by atoms with Crippen LogP contribution in [0.1, 0.15) is 104 Å². The van der Waals surface area contributed by atoms with E-state index in [1.54, 1.807) is 6.92 Å². The average Bonchev–Trinajstić information content (AvgIpc) is 2.85. The van der Waals surface area contributed by atoms with Crippen LogP contribution in [0, 0.1) is 29.6 Å². The van der Waals surface area contributed by atoms with Crippen molar-refractivity contribution >= 4 is 12.3 Å². The monoisotopic (exact) mass is 494 g/mol. The van der Waals surface area contributed by atoms with Crippen molar-refractivity contribution in [3.8, 4) is 0 Å². The normalized spacial score (nSPS) is 32.7. The third kappa shape index (κ3) is 11.9. The first-order valence-corrected chi connectivity index (χ1v) is 13.8. The van der Waals surface area contributed by atoms with Crippen LogP contribution in [0.15, 0.2) is 24.3 Å². The summed E-state index contributed by atoms with van der Waals surface area (Å²) in [4.78, 5) is 19.0. The Labute approximate surface area is 213 Å². The lowest BCUT2D eigenvalue weighted by Crippen LogP contribution is -2.37. The predicted octanol–water partition coefficient (Wildman–Crippen LogP) is 7.96. The number of alkyl halides is 1. The molecule has 0 aromatic rings. The van der Waals surface area contributed by atoms with Gasteiger partial charge in [-0.25, -0.2) is 9.18 Å². The highest BCUT2D eigenvalue weighted by Gasteiger charge is 2.40. The van der Waals surface area contributed by atoms with Crippen LogP contribution in [-0.2, 0) is 14.3 Å². The molecule has 0 bridgehead atoms. The van der Waals surface area contributed by atoms with Crippen molar-refractivity contribution in [3.63, 3.8) is 0 Å². The topological polar surface area (TPSA) is 63.6 Å². The Morgan fingerprint density at radius 3 is 1.83 bits per heavy atom. The number of carboxylic acid groups (broad SMARTS) is 1. The molecule has 0 aliphatic heterocycles. The number of aldehydes is 1. The lowest BCUT2D eigenvalue weighted by atomic mass is 9.64. The van der Waals surface area contributed by atoms with Gasteiger partial charge >= 0.3 is 5.97 Å². The zero-order valence-corrected chi connectivity index (χ0v) is 22.8. The number of ether oxygens (including phenoxy) is 1. The Balaban J connectivity index is 0.000000467. The van der Waals surface area contributed by atoms with E-state index in [-0.39, 0.29) is 5.57 Å². The Morgan fingerprint density at radius 2 is 1.43 bits per heavy atom. The van der Waals surface area contributed by atoms with Gasteiger partial charge in [0.25, 0.3) is 0 Å². The van der Waals surface area contributed by atoms with E-state index in [2.05, 4.69) is 20.1 Å². The van der Waals surface area contributed by atoms with Crippen LogP contribution in [0.2, 0.25) is 0 Å². The largest absolute Gasteiger partial charge is 0.478 e. The molecule has 3 rings (SSSR count). The zero-order valence-electron chi connectivity index (χ0n) is 22.8. The first kappa shape index (κ1) is 31.5. The van der Waals surface area contributed by atoms with Crippen molar-refractivity contribution in [2.24, 2.45) is 29.6 Å². The van der Waals surface area contributed by atoms with Gasteiger partial charge in [-0.1, -0.05) is 45.8 Å². The number of hydrogen-bond acceptors (Lipinski definition) is 3. The number of allylic oxidation sites excluding steroid dienone is 1. The predicted molar refractivity (Wildman–Crippen MR) is 142 cm³/mol. The number of methoxy groups -OCH3 is 1. The molecular weight excluding hydrogens is 443 g/mol. The van der Waals surface area contributed by atoms with Crippen molar-refractivity contribution in [1.82, 2.24) is 0 Å². The second-order valence-electron chi connectivity index (χ2n) is 11.1. The van der Waals surface area contributed by atoms with Gasteiger partial charge in [0.05, 0.1) is 6.10 Å². The van der Waals surface area contributed by atoms with Crippen LogP contribution in [-0.4, -0.2) is 36.7 Å². The summed E-state index contributed by atoms with van der Waals surface area (Å²) in [6.07, 6.45) is 17.0. The minimum atomic E-state index is -0.935. The molecule has 3 fully saturated rings. The Kier molecular flexibility index (Phi) is 15.4. The van der Waals surface area contributed by atoms with Crippen LogP contribution in [0.3, 0.4) is 0 Å². The summed E-state index contributed by atoms with van der Waals surface area (Å²) in [7, 11) is 1.82. The number of carbonyl (C=O) groups excluding carboxylic acids is 1. The van der Waals surface area contributed by atoms with Gasteiger partial charge in [-0.05, 0) is 107 Å². The maximum atomic E-state index is 15.0. The van der Waals surface area contributed by atoms with Crippen molar-refractivity contribution in [2.75, 3.05) is 7.11 Å². The van der Waals surface area contributed by atoms with E-state index in [1.807, 2.05) is 7.11 Å². The van der Waals surface area contributed by atoms with Gasteiger partial charge in [-0.2, -0.15) is 0 Å². The second kappa shape index (κ2) is 17.1. The van der Waals surface area contributed by atoms with Gasteiger partial charge in [0.1, 0.15) is 12.5 Å².